The van der Waals surface area contributed by atoms with Crippen molar-refractivity contribution in [1.82, 2.24) is 0 Å². The van der Waals surface area contributed by atoms with E-state index in [9.17, 15) is 0 Å². The Morgan fingerprint density at radius 2 is 2.05 bits per heavy atom. The third-order valence-corrected chi connectivity index (χ3v) is 3.71. The molecule has 2 rings (SSSR count). The fourth-order valence-electron chi connectivity index (χ4n) is 2.59. The van der Waals surface area contributed by atoms with Gasteiger partial charge in [-0.1, -0.05) is 32.1 Å². The molecule has 1 aliphatic carbocycles. The maximum Gasteiger partial charge on any atom is 0.187 e. The minimum absolute atomic E-state index is 0.0838. The van der Waals surface area contributed by atoms with Gasteiger partial charge in [-0.15, -0.1) is 0 Å². The highest BCUT2D eigenvalue weighted by atomic mass is 16.7. The summed E-state index contributed by atoms with van der Waals surface area (Å²) in [5, 5.41) is 0. The molecule has 0 spiro atoms. The molecular weight excluding hydrogens is 252 g/mol. The fourth-order valence-corrected chi connectivity index (χ4v) is 2.59. The Bertz CT molecular complexity index is 420. The van der Waals surface area contributed by atoms with Gasteiger partial charge in [-0.3, -0.25) is 0 Å². The van der Waals surface area contributed by atoms with E-state index in [2.05, 4.69) is 26.0 Å². The van der Waals surface area contributed by atoms with Gasteiger partial charge in [0.2, 0.25) is 0 Å². The summed E-state index contributed by atoms with van der Waals surface area (Å²) < 4.78 is 17.4. The summed E-state index contributed by atoms with van der Waals surface area (Å²) in [6.07, 6.45) is 9.47. The van der Waals surface area contributed by atoms with Crippen LogP contribution in [-0.2, 0) is 14.2 Å². The van der Waals surface area contributed by atoms with Gasteiger partial charge >= 0.3 is 0 Å². The summed E-state index contributed by atoms with van der Waals surface area (Å²) in [5.74, 6) is 0.910. The molecule has 0 aromatic rings. The first-order chi connectivity index (χ1) is 9.57. The number of rotatable bonds is 3. The van der Waals surface area contributed by atoms with Crippen molar-refractivity contribution < 1.29 is 14.2 Å². The first-order valence-corrected chi connectivity index (χ1v) is 7.41. The molecular formula is C17H26O3. The monoisotopic (exact) mass is 278 g/mol. The molecule has 112 valence electrons. The number of ether oxygens (including phenoxy) is 3. The molecule has 0 bridgehead atoms. The zero-order chi connectivity index (χ0) is 14.6. The van der Waals surface area contributed by atoms with E-state index >= 15 is 0 Å². The van der Waals surface area contributed by atoms with Crippen LogP contribution in [0.25, 0.3) is 0 Å². The Balaban J connectivity index is 2.19. The van der Waals surface area contributed by atoms with E-state index in [0.717, 1.165) is 24.2 Å². The first-order valence-electron chi connectivity index (χ1n) is 7.41. The lowest BCUT2D eigenvalue weighted by Gasteiger charge is -2.36. The SMILES string of the molecule is C/C=C(\C(OC)=C1\C=CCCC1)C1OCC(C)(C)CO1. The second-order valence-corrected chi connectivity index (χ2v) is 6.22. The van der Waals surface area contributed by atoms with Crippen LogP contribution < -0.4 is 0 Å². The molecule has 0 unspecified atom stereocenters. The van der Waals surface area contributed by atoms with Crippen molar-refractivity contribution in [2.75, 3.05) is 20.3 Å². The number of methoxy groups -OCH3 is 1. The van der Waals surface area contributed by atoms with E-state index in [-0.39, 0.29) is 11.7 Å². The van der Waals surface area contributed by atoms with Crippen LogP contribution in [0.4, 0.5) is 0 Å². The topological polar surface area (TPSA) is 27.7 Å². The van der Waals surface area contributed by atoms with Crippen molar-refractivity contribution in [2.45, 2.75) is 46.3 Å². The maximum absolute atomic E-state index is 5.89. The van der Waals surface area contributed by atoms with Crippen molar-refractivity contribution in [2.24, 2.45) is 5.41 Å². The summed E-state index contributed by atoms with van der Waals surface area (Å²) in [7, 11) is 1.72. The summed E-state index contributed by atoms with van der Waals surface area (Å²) in [6.45, 7) is 7.72. The highest BCUT2D eigenvalue weighted by Crippen LogP contribution is 2.32. The van der Waals surface area contributed by atoms with Gasteiger partial charge in [-0.2, -0.15) is 0 Å². The van der Waals surface area contributed by atoms with E-state index in [1.807, 2.05) is 13.0 Å². The number of hydrogen-bond donors (Lipinski definition) is 0. The Hall–Kier alpha value is -1.06. The van der Waals surface area contributed by atoms with Crippen LogP contribution in [0.2, 0.25) is 0 Å². The third kappa shape index (κ3) is 3.53. The van der Waals surface area contributed by atoms with E-state index < -0.39 is 0 Å². The maximum atomic E-state index is 5.89. The van der Waals surface area contributed by atoms with Crippen LogP contribution in [0.15, 0.2) is 35.1 Å². The van der Waals surface area contributed by atoms with Crippen LogP contribution in [-0.4, -0.2) is 26.6 Å². The molecule has 1 heterocycles. The normalized spacial score (nSPS) is 26.5. The molecule has 0 aromatic carbocycles. The molecule has 1 saturated heterocycles. The van der Waals surface area contributed by atoms with Gasteiger partial charge in [0, 0.05) is 11.0 Å². The molecule has 0 N–H and O–H groups in total. The number of allylic oxidation sites excluding steroid dienone is 4. The molecule has 20 heavy (non-hydrogen) atoms. The first kappa shape index (κ1) is 15.3. The summed E-state index contributed by atoms with van der Waals surface area (Å²) >= 11 is 0. The number of hydrogen-bond acceptors (Lipinski definition) is 3. The standard InChI is InChI=1S/C17H26O3/c1-5-14(16-19-11-17(2,3)12-20-16)15(18-4)13-9-7-6-8-10-13/h5,7,9,16H,6,8,10-12H2,1-4H3/b14-5+,15-13+. The lowest BCUT2D eigenvalue weighted by atomic mass is 9.94. The third-order valence-electron chi connectivity index (χ3n) is 3.71. The second kappa shape index (κ2) is 6.59. The Kier molecular flexibility index (Phi) is 5.06. The predicted molar refractivity (Wildman–Crippen MR) is 80.3 cm³/mol. The van der Waals surface area contributed by atoms with Crippen LogP contribution in [0.3, 0.4) is 0 Å². The van der Waals surface area contributed by atoms with Crippen molar-refractivity contribution in [3.8, 4) is 0 Å². The molecule has 0 aromatic heterocycles. The van der Waals surface area contributed by atoms with Gasteiger partial charge in [-0.05, 0) is 31.8 Å². The Labute approximate surface area is 122 Å². The van der Waals surface area contributed by atoms with Gasteiger partial charge < -0.3 is 14.2 Å². The minimum Gasteiger partial charge on any atom is -0.496 e. The van der Waals surface area contributed by atoms with E-state index in [1.165, 1.54) is 12.0 Å². The van der Waals surface area contributed by atoms with E-state index in [4.69, 9.17) is 14.2 Å². The lowest BCUT2D eigenvalue weighted by Crippen LogP contribution is -2.39. The van der Waals surface area contributed by atoms with Crippen LogP contribution in [0.5, 0.6) is 0 Å². The average Bonchev–Trinajstić information content (AvgIpc) is 2.46. The lowest BCUT2D eigenvalue weighted by molar-refractivity contribution is -0.203. The molecule has 1 aliphatic heterocycles. The van der Waals surface area contributed by atoms with Crippen LogP contribution in [0, 0.1) is 5.41 Å². The minimum atomic E-state index is -0.314. The average molecular weight is 278 g/mol. The molecule has 1 fully saturated rings. The molecule has 0 saturated carbocycles. The predicted octanol–water partition coefficient (Wildman–Crippen LogP) is 3.97. The van der Waals surface area contributed by atoms with Gasteiger partial charge in [0.15, 0.2) is 6.29 Å². The summed E-state index contributed by atoms with van der Waals surface area (Å²) in [6, 6.07) is 0. The quantitative estimate of drug-likeness (QED) is 0.731. The fraction of sp³-hybridized carbons (Fsp3) is 0.647. The highest BCUT2D eigenvalue weighted by Gasteiger charge is 2.32. The van der Waals surface area contributed by atoms with Gasteiger partial charge in [0.1, 0.15) is 5.76 Å². The molecule has 2 aliphatic rings. The molecule has 3 heteroatoms. The largest absolute Gasteiger partial charge is 0.496 e. The second-order valence-electron chi connectivity index (χ2n) is 6.22. The van der Waals surface area contributed by atoms with Gasteiger partial charge in [-0.25, -0.2) is 0 Å². The van der Waals surface area contributed by atoms with Crippen molar-refractivity contribution in [3.63, 3.8) is 0 Å². The zero-order valence-corrected chi connectivity index (χ0v) is 13.1. The van der Waals surface area contributed by atoms with Crippen LogP contribution in [0.1, 0.15) is 40.0 Å². The van der Waals surface area contributed by atoms with E-state index in [0.29, 0.717) is 13.2 Å². The molecule has 3 nitrogen and oxygen atoms in total. The van der Waals surface area contributed by atoms with Crippen molar-refractivity contribution >= 4 is 0 Å². The van der Waals surface area contributed by atoms with Crippen molar-refractivity contribution in [1.29, 1.82) is 0 Å². The molecule has 0 radical (unpaired) electrons. The Morgan fingerprint density at radius 3 is 2.55 bits per heavy atom. The van der Waals surface area contributed by atoms with Crippen LogP contribution >= 0.6 is 0 Å². The Morgan fingerprint density at radius 1 is 1.35 bits per heavy atom. The highest BCUT2D eigenvalue weighted by molar-refractivity contribution is 5.38. The smallest absolute Gasteiger partial charge is 0.187 e. The van der Waals surface area contributed by atoms with Gasteiger partial charge in [0.25, 0.3) is 0 Å². The van der Waals surface area contributed by atoms with E-state index in [1.54, 1.807) is 7.11 Å². The van der Waals surface area contributed by atoms with Gasteiger partial charge in [0.05, 0.1) is 20.3 Å². The molecule has 0 atom stereocenters. The zero-order valence-electron chi connectivity index (χ0n) is 13.1. The summed E-state index contributed by atoms with van der Waals surface area (Å²) in [4.78, 5) is 0. The van der Waals surface area contributed by atoms with Crippen molar-refractivity contribution in [3.05, 3.63) is 35.1 Å². The summed E-state index contributed by atoms with van der Waals surface area (Å²) in [5.41, 5.74) is 2.33. The molecule has 0 amide bonds.